The zero-order valence-corrected chi connectivity index (χ0v) is 16.2. The van der Waals surface area contributed by atoms with Crippen LogP contribution in [0.5, 0.6) is 0 Å². The van der Waals surface area contributed by atoms with E-state index in [2.05, 4.69) is 16.8 Å². The molecule has 6 nitrogen and oxygen atoms in total. The van der Waals surface area contributed by atoms with Crippen molar-refractivity contribution in [2.24, 2.45) is 5.41 Å². The van der Waals surface area contributed by atoms with E-state index in [1.807, 2.05) is 11.8 Å². The Kier molecular flexibility index (Phi) is 5.73. The topological polar surface area (TPSA) is 56.2 Å². The predicted octanol–water partition coefficient (Wildman–Crippen LogP) is 0.793. The monoisotopic (exact) mass is 353 g/mol. The number of methoxy groups -OCH3 is 1. The minimum Gasteiger partial charge on any atom is -0.394 e. The first-order valence-electron chi connectivity index (χ1n) is 9.74. The first-order chi connectivity index (χ1) is 11.9. The highest BCUT2D eigenvalue weighted by molar-refractivity contribution is 5.78. The van der Waals surface area contributed by atoms with E-state index in [1.54, 1.807) is 7.11 Å². The summed E-state index contributed by atoms with van der Waals surface area (Å²) >= 11 is 0. The third kappa shape index (κ3) is 3.87. The van der Waals surface area contributed by atoms with E-state index in [9.17, 15) is 9.90 Å². The van der Waals surface area contributed by atoms with Crippen LogP contribution in [0.4, 0.5) is 0 Å². The lowest BCUT2D eigenvalue weighted by molar-refractivity contribution is -0.140. The van der Waals surface area contributed by atoms with E-state index >= 15 is 0 Å². The first-order valence-corrected chi connectivity index (χ1v) is 9.74. The smallest absolute Gasteiger partial charge is 0.249 e. The number of rotatable bonds is 4. The quantitative estimate of drug-likeness (QED) is 0.810. The molecule has 3 aliphatic rings. The number of carbonyl (C=O) groups is 1. The minimum absolute atomic E-state index is 0.00803. The summed E-state index contributed by atoms with van der Waals surface area (Å²) in [6.45, 7) is 7.59. The molecule has 3 aliphatic heterocycles. The van der Waals surface area contributed by atoms with E-state index < -0.39 is 5.54 Å². The maximum Gasteiger partial charge on any atom is 0.249 e. The number of hydrogen-bond donors (Lipinski definition) is 1. The van der Waals surface area contributed by atoms with E-state index in [0.29, 0.717) is 0 Å². The van der Waals surface area contributed by atoms with Crippen molar-refractivity contribution < 1.29 is 14.6 Å². The molecule has 1 atom stereocenters. The van der Waals surface area contributed by atoms with Crippen molar-refractivity contribution in [3.8, 4) is 0 Å². The molecule has 3 rings (SSSR count). The Bertz CT molecular complexity index is 471. The van der Waals surface area contributed by atoms with E-state index in [4.69, 9.17) is 4.74 Å². The molecular formula is C19H35N3O3. The van der Waals surface area contributed by atoms with Crippen LogP contribution in [-0.4, -0.2) is 97.4 Å². The van der Waals surface area contributed by atoms with Crippen molar-refractivity contribution in [3.05, 3.63) is 0 Å². The Morgan fingerprint density at radius 3 is 2.40 bits per heavy atom. The molecule has 3 fully saturated rings. The van der Waals surface area contributed by atoms with Crippen molar-refractivity contribution in [1.82, 2.24) is 14.7 Å². The van der Waals surface area contributed by atoms with Crippen LogP contribution in [0, 0.1) is 5.41 Å². The van der Waals surface area contributed by atoms with Gasteiger partial charge in [-0.25, -0.2) is 0 Å². The Balaban J connectivity index is 1.61. The summed E-state index contributed by atoms with van der Waals surface area (Å²) in [5.74, 6) is 0.00803. The summed E-state index contributed by atoms with van der Waals surface area (Å²) in [4.78, 5) is 19.4. The Labute approximate surface area is 152 Å². The molecule has 3 saturated heterocycles. The predicted molar refractivity (Wildman–Crippen MR) is 97.5 cm³/mol. The summed E-state index contributed by atoms with van der Waals surface area (Å²) in [7, 11) is 3.77. The second kappa shape index (κ2) is 7.51. The summed E-state index contributed by atoms with van der Waals surface area (Å²) in [6.07, 6.45) is 5.72. The van der Waals surface area contributed by atoms with Gasteiger partial charge in [0.15, 0.2) is 0 Å². The molecule has 0 aromatic heterocycles. The molecule has 0 aromatic carbocycles. The van der Waals surface area contributed by atoms with E-state index in [1.165, 1.54) is 25.9 Å². The lowest BCUT2D eigenvalue weighted by Gasteiger charge is -2.44. The maximum atomic E-state index is 12.5. The molecule has 0 aliphatic carbocycles. The molecule has 3 heterocycles. The van der Waals surface area contributed by atoms with Crippen molar-refractivity contribution in [1.29, 1.82) is 0 Å². The number of piperidine rings is 2. The summed E-state index contributed by atoms with van der Waals surface area (Å²) in [5.41, 5.74) is -0.270. The Morgan fingerprint density at radius 1 is 1.20 bits per heavy atom. The fourth-order valence-corrected chi connectivity index (χ4v) is 5.28. The van der Waals surface area contributed by atoms with Crippen molar-refractivity contribution in [2.45, 2.75) is 50.6 Å². The maximum absolute atomic E-state index is 12.5. The van der Waals surface area contributed by atoms with E-state index in [0.717, 1.165) is 44.9 Å². The SMILES string of the molecule is COCC(=O)N1CC2(CCN(C3CCN(C)CC3)CC2)CC1(C)CO. The molecule has 25 heavy (non-hydrogen) atoms. The fourth-order valence-electron chi connectivity index (χ4n) is 5.28. The van der Waals surface area contributed by atoms with Crippen LogP contribution < -0.4 is 0 Å². The highest BCUT2D eigenvalue weighted by Gasteiger charge is 2.53. The molecule has 0 bridgehead atoms. The molecule has 1 N–H and O–H groups in total. The van der Waals surface area contributed by atoms with Gasteiger partial charge in [-0.1, -0.05) is 0 Å². The number of aliphatic hydroxyl groups is 1. The lowest BCUT2D eigenvalue weighted by Crippen LogP contribution is -2.50. The highest BCUT2D eigenvalue weighted by Crippen LogP contribution is 2.48. The number of carbonyl (C=O) groups excluding carboxylic acids is 1. The average molecular weight is 354 g/mol. The fraction of sp³-hybridized carbons (Fsp3) is 0.947. The summed E-state index contributed by atoms with van der Waals surface area (Å²) < 4.78 is 5.05. The third-order valence-corrected chi connectivity index (χ3v) is 6.87. The van der Waals surface area contributed by atoms with Gasteiger partial charge in [0.05, 0.1) is 12.1 Å². The number of nitrogens with zero attached hydrogens (tertiary/aromatic N) is 3. The lowest BCUT2D eigenvalue weighted by atomic mass is 9.74. The van der Waals surface area contributed by atoms with Gasteiger partial charge in [-0.05, 0) is 77.7 Å². The van der Waals surface area contributed by atoms with Crippen LogP contribution in [0.2, 0.25) is 0 Å². The van der Waals surface area contributed by atoms with Crippen LogP contribution in [0.3, 0.4) is 0 Å². The summed E-state index contributed by atoms with van der Waals surface area (Å²) in [5, 5.41) is 9.96. The minimum atomic E-state index is -0.439. The molecule has 6 heteroatoms. The second-order valence-corrected chi connectivity index (χ2v) is 8.82. The molecule has 1 amide bonds. The van der Waals surface area contributed by atoms with E-state index in [-0.39, 0.29) is 24.5 Å². The number of amides is 1. The normalized spacial score (nSPS) is 31.8. The number of likely N-dealkylation sites (tertiary alicyclic amines) is 3. The molecule has 1 spiro atoms. The van der Waals surface area contributed by atoms with Crippen molar-refractivity contribution >= 4 is 5.91 Å². The van der Waals surface area contributed by atoms with Crippen LogP contribution in [0.25, 0.3) is 0 Å². The van der Waals surface area contributed by atoms with Gasteiger partial charge in [-0.3, -0.25) is 4.79 Å². The summed E-state index contributed by atoms with van der Waals surface area (Å²) in [6, 6.07) is 0.727. The van der Waals surface area contributed by atoms with Crippen LogP contribution >= 0.6 is 0 Å². The number of aliphatic hydroxyl groups excluding tert-OH is 1. The van der Waals surface area contributed by atoms with Gasteiger partial charge in [-0.15, -0.1) is 0 Å². The molecule has 0 aromatic rings. The zero-order chi connectivity index (χ0) is 18.1. The molecule has 0 saturated carbocycles. The van der Waals surface area contributed by atoms with Gasteiger partial charge in [0, 0.05) is 19.7 Å². The zero-order valence-electron chi connectivity index (χ0n) is 16.2. The van der Waals surface area contributed by atoms with Gasteiger partial charge in [0.25, 0.3) is 0 Å². The van der Waals surface area contributed by atoms with Crippen LogP contribution in [0.1, 0.15) is 39.0 Å². The first kappa shape index (κ1) is 19.1. The number of hydrogen-bond acceptors (Lipinski definition) is 5. The van der Waals surface area contributed by atoms with Crippen molar-refractivity contribution in [2.75, 3.05) is 60.1 Å². The van der Waals surface area contributed by atoms with Gasteiger partial charge in [-0.2, -0.15) is 0 Å². The molecular weight excluding hydrogens is 318 g/mol. The van der Waals surface area contributed by atoms with Crippen LogP contribution in [-0.2, 0) is 9.53 Å². The standard InChI is InChI=1S/C19H35N3O3/c1-18(15-23)13-19(14-22(18)17(24)12-25-3)6-10-21(11-7-19)16-4-8-20(2)9-5-16/h16,23H,4-15H2,1-3H3. The third-order valence-electron chi connectivity index (χ3n) is 6.87. The average Bonchev–Trinajstić information content (AvgIpc) is 2.90. The largest absolute Gasteiger partial charge is 0.394 e. The molecule has 144 valence electrons. The highest BCUT2D eigenvalue weighted by atomic mass is 16.5. The van der Waals surface area contributed by atoms with Gasteiger partial charge >= 0.3 is 0 Å². The molecule has 0 radical (unpaired) electrons. The van der Waals surface area contributed by atoms with Gasteiger partial charge in [0.2, 0.25) is 5.91 Å². The Morgan fingerprint density at radius 2 is 1.84 bits per heavy atom. The Hall–Kier alpha value is -0.690. The van der Waals surface area contributed by atoms with Crippen LogP contribution in [0.15, 0.2) is 0 Å². The second-order valence-electron chi connectivity index (χ2n) is 8.82. The van der Waals surface area contributed by atoms with Gasteiger partial charge in [0.1, 0.15) is 6.61 Å². The number of ether oxygens (including phenoxy) is 1. The van der Waals surface area contributed by atoms with Gasteiger partial charge < -0.3 is 24.5 Å². The molecule has 1 unspecified atom stereocenters. The van der Waals surface area contributed by atoms with Crippen molar-refractivity contribution in [3.63, 3.8) is 0 Å².